The van der Waals surface area contributed by atoms with Gasteiger partial charge in [0.15, 0.2) is 5.96 Å². The zero-order valence-electron chi connectivity index (χ0n) is 23.8. The second kappa shape index (κ2) is 16.6. The highest BCUT2D eigenvalue weighted by molar-refractivity contribution is 5.94. The van der Waals surface area contributed by atoms with E-state index in [1.165, 1.54) is 12.1 Å². The van der Waals surface area contributed by atoms with Gasteiger partial charge in [0.05, 0.1) is 6.04 Å². The zero-order valence-corrected chi connectivity index (χ0v) is 23.8. The van der Waals surface area contributed by atoms with E-state index in [9.17, 15) is 29.4 Å². The van der Waals surface area contributed by atoms with Gasteiger partial charge < -0.3 is 43.4 Å². The molecule has 11 N–H and O–H groups in total. The third-order valence-electron chi connectivity index (χ3n) is 6.51. The molecule has 13 nitrogen and oxygen atoms in total. The summed E-state index contributed by atoms with van der Waals surface area (Å²) in [6, 6.07) is 10.4. The summed E-state index contributed by atoms with van der Waals surface area (Å²) in [4.78, 5) is 55.5. The number of carboxylic acid groups (broad SMARTS) is 1. The summed E-state index contributed by atoms with van der Waals surface area (Å²) in [6.07, 6.45) is 0.479. The van der Waals surface area contributed by atoms with Crippen molar-refractivity contribution in [3.8, 4) is 5.75 Å². The van der Waals surface area contributed by atoms with Gasteiger partial charge in [-0.25, -0.2) is 4.79 Å². The van der Waals surface area contributed by atoms with Crippen LogP contribution < -0.4 is 33.2 Å². The second-order valence-electron chi connectivity index (χ2n) is 10.3. The molecule has 228 valence electrons. The topological polar surface area (TPSA) is 235 Å². The lowest BCUT2D eigenvalue weighted by Gasteiger charge is -2.26. The molecule has 2 rings (SSSR count). The van der Waals surface area contributed by atoms with E-state index in [0.29, 0.717) is 17.5 Å². The van der Waals surface area contributed by atoms with Crippen molar-refractivity contribution in [3.63, 3.8) is 0 Å². The molecule has 13 heteroatoms. The highest BCUT2D eigenvalue weighted by Crippen LogP contribution is 2.13. The Morgan fingerprint density at radius 2 is 1.31 bits per heavy atom. The van der Waals surface area contributed by atoms with Gasteiger partial charge in [0.25, 0.3) is 0 Å². The number of carboxylic acids is 1. The van der Waals surface area contributed by atoms with Crippen LogP contribution in [0.4, 0.5) is 0 Å². The molecular formula is C29H41N7O6. The minimum absolute atomic E-state index is 0.0163. The van der Waals surface area contributed by atoms with E-state index in [1.807, 2.05) is 0 Å². The highest BCUT2D eigenvalue weighted by Gasteiger charge is 2.31. The van der Waals surface area contributed by atoms with Crippen LogP contribution in [0.1, 0.15) is 37.8 Å². The number of nitrogens with two attached hydrogens (primary N) is 3. The number of hydrogen-bond acceptors (Lipinski definition) is 7. The fraction of sp³-hybridized carbons (Fsp3) is 0.414. The van der Waals surface area contributed by atoms with E-state index in [1.54, 1.807) is 56.3 Å². The van der Waals surface area contributed by atoms with Crippen LogP contribution in [-0.4, -0.2) is 70.6 Å². The van der Waals surface area contributed by atoms with Crippen LogP contribution >= 0.6 is 0 Å². The summed E-state index contributed by atoms with van der Waals surface area (Å²) in [7, 11) is 0. The van der Waals surface area contributed by atoms with Crippen molar-refractivity contribution in [2.75, 3.05) is 6.54 Å². The quantitative estimate of drug-likeness (QED) is 0.0738. The molecule has 0 aliphatic heterocycles. The molecule has 0 aromatic heterocycles. The molecule has 0 bridgehead atoms. The van der Waals surface area contributed by atoms with Gasteiger partial charge in [-0.05, 0) is 42.0 Å². The fourth-order valence-corrected chi connectivity index (χ4v) is 4.01. The van der Waals surface area contributed by atoms with Crippen LogP contribution in [0.25, 0.3) is 0 Å². The molecule has 2 aromatic rings. The number of carbonyl (C=O) groups is 4. The van der Waals surface area contributed by atoms with Gasteiger partial charge in [-0.3, -0.25) is 19.4 Å². The van der Waals surface area contributed by atoms with Crippen molar-refractivity contribution in [2.24, 2.45) is 28.1 Å². The van der Waals surface area contributed by atoms with Crippen LogP contribution in [0.5, 0.6) is 5.75 Å². The van der Waals surface area contributed by atoms with Crippen LogP contribution in [0.2, 0.25) is 0 Å². The molecule has 42 heavy (non-hydrogen) atoms. The van der Waals surface area contributed by atoms with E-state index in [-0.39, 0.29) is 43.4 Å². The largest absolute Gasteiger partial charge is 0.508 e. The number of amides is 3. The van der Waals surface area contributed by atoms with Gasteiger partial charge in [-0.2, -0.15) is 0 Å². The average molecular weight is 584 g/mol. The predicted molar refractivity (Wildman–Crippen MR) is 158 cm³/mol. The van der Waals surface area contributed by atoms with Gasteiger partial charge >= 0.3 is 5.97 Å². The molecule has 0 heterocycles. The summed E-state index contributed by atoms with van der Waals surface area (Å²) < 4.78 is 0. The van der Waals surface area contributed by atoms with Crippen LogP contribution in [0.3, 0.4) is 0 Å². The summed E-state index contributed by atoms with van der Waals surface area (Å²) >= 11 is 0. The third kappa shape index (κ3) is 11.5. The van der Waals surface area contributed by atoms with E-state index in [2.05, 4.69) is 20.9 Å². The molecule has 0 spiro atoms. The molecule has 0 radical (unpaired) electrons. The first-order valence-electron chi connectivity index (χ1n) is 13.6. The van der Waals surface area contributed by atoms with Gasteiger partial charge in [0.1, 0.15) is 23.9 Å². The number of nitrogens with zero attached hydrogens (tertiary/aromatic N) is 1. The van der Waals surface area contributed by atoms with Crippen molar-refractivity contribution in [3.05, 3.63) is 65.7 Å². The second-order valence-corrected chi connectivity index (χ2v) is 10.3. The SMILES string of the molecule is CC(C)C(N)C(=O)NC(CCCN=C(N)N)C(=O)NC(Cc1ccc(O)cc1)C(=O)NC(Cc1ccccc1)C(=O)O. The predicted octanol–water partition coefficient (Wildman–Crippen LogP) is -0.247. The molecule has 0 fully saturated rings. The maximum atomic E-state index is 13.5. The Labute approximate surface area is 244 Å². The number of aromatic hydroxyl groups is 1. The van der Waals surface area contributed by atoms with Crippen molar-refractivity contribution in [1.29, 1.82) is 0 Å². The summed E-state index contributed by atoms with van der Waals surface area (Å²) in [6.45, 7) is 3.74. The number of carbonyl (C=O) groups excluding carboxylic acids is 3. The molecule has 0 aliphatic rings. The molecule has 0 saturated carbocycles. The minimum atomic E-state index is -1.27. The number of rotatable bonds is 16. The maximum absolute atomic E-state index is 13.5. The Morgan fingerprint density at radius 1 is 0.786 bits per heavy atom. The Morgan fingerprint density at radius 3 is 1.88 bits per heavy atom. The summed E-state index contributed by atoms with van der Waals surface area (Å²) in [5.74, 6) is -3.48. The maximum Gasteiger partial charge on any atom is 0.326 e. The average Bonchev–Trinajstić information content (AvgIpc) is 2.94. The Kier molecular flexibility index (Phi) is 13.2. The third-order valence-corrected chi connectivity index (χ3v) is 6.51. The van der Waals surface area contributed by atoms with Gasteiger partial charge in [0.2, 0.25) is 17.7 Å². The lowest BCUT2D eigenvalue weighted by atomic mass is 10.0. The number of nitrogens with one attached hydrogen (secondary N) is 3. The Bertz CT molecular complexity index is 1220. The molecule has 4 atom stereocenters. The number of phenolic OH excluding ortho intramolecular Hbond substituents is 1. The van der Waals surface area contributed by atoms with E-state index in [4.69, 9.17) is 17.2 Å². The first-order chi connectivity index (χ1) is 19.9. The smallest absolute Gasteiger partial charge is 0.326 e. The molecule has 0 saturated heterocycles. The molecule has 2 aromatic carbocycles. The summed E-state index contributed by atoms with van der Waals surface area (Å²) in [5, 5.41) is 27.3. The number of phenols is 1. The van der Waals surface area contributed by atoms with Gasteiger partial charge in [0, 0.05) is 19.4 Å². The zero-order chi connectivity index (χ0) is 31.2. The Hall–Kier alpha value is -4.65. The van der Waals surface area contributed by atoms with Crippen molar-refractivity contribution in [1.82, 2.24) is 16.0 Å². The standard InChI is InChI=1S/C29H41N7O6/c1-17(2)24(30)27(40)34-21(9-6-14-33-29(31)32)25(38)35-22(15-19-10-12-20(37)13-11-19)26(39)36-23(28(41)42)16-18-7-4-3-5-8-18/h3-5,7-8,10-13,17,21-24,37H,6,9,14-16,30H2,1-2H3,(H,34,40)(H,35,38)(H,36,39)(H,41,42)(H4,31,32,33). The minimum Gasteiger partial charge on any atom is -0.508 e. The van der Waals surface area contributed by atoms with E-state index >= 15 is 0 Å². The lowest BCUT2D eigenvalue weighted by molar-refractivity contribution is -0.142. The van der Waals surface area contributed by atoms with E-state index < -0.39 is 47.9 Å². The van der Waals surface area contributed by atoms with Crippen molar-refractivity contribution < 1.29 is 29.4 Å². The number of hydrogen-bond donors (Lipinski definition) is 8. The number of aliphatic carboxylic acids is 1. The molecule has 4 unspecified atom stereocenters. The lowest BCUT2D eigenvalue weighted by Crippen LogP contribution is -2.58. The fourth-order valence-electron chi connectivity index (χ4n) is 4.01. The number of benzene rings is 2. The first-order valence-corrected chi connectivity index (χ1v) is 13.6. The van der Waals surface area contributed by atoms with E-state index in [0.717, 1.165) is 0 Å². The number of aliphatic imine (C=N–C) groups is 1. The molecule has 0 aliphatic carbocycles. The summed E-state index contributed by atoms with van der Waals surface area (Å²) in [5.41, 5.74) is 18.0. The van der Waals surface area contributed by atoms with Crippen LogP contribution in [0.15, 0.2) is 59.6 Å². The Balaban J connectivity index is 2.29. The molecular weight excluding hydrogens is 542 g/mol. The van der Waals surface area contributed by atoms with Crippen LogP contribution in [0, 0.1) is 5.92 Å². The number of guanidine groups is 1. The highest BCUT2D eigenvalue weighted by atomic mass is 16.4. The molecule has 3 amide bonds. The van der Waals surface area contributed by atoms with Gasteiger partial charge in [-0.15, -0.1) is 0 Å². The van der Waals surface area contributed by atoms with Gasteiger partial charge in [-0.1, -0.05) is 56.3 Å². The first kappa shape index (κ1) is 33.6. The van der Waals surface area contributed by atoms with Crippen molar-refractivity contribution in [2.45, 2.75) is 63.7 Å². The van der Waals surface area contributed by atoms with Crippen LogP contribution in [-0.2, 0) is 32.0 Å². The van der Waals surface area contributed by atoms with Crippen molar-refractivity contribution >= 4 is 29.7 Å². The monoisotopic (exact) mass is 583 g/mol. The normalized spacial score (nSPS) is 13.7.